The second-order valence-corrected chi connectivity index (χ2v) is 12.5. The van der Waals surface area contributed by atoms with Gasteiger partial charge < -0.3 is 4.43 Å². The van der Waals surface area contributed by atoms with Crippen LogP contribution >= 0.6 is 22.6 Å². The third-order valence-electron chi connectivity index (χ3n) is 4.55. The van der Waals surface area contributed by atoms with E-state index < -0.39 is 8.32 Å². The molecule has 1 atom stereocenters. The second-order valence-electron chi connectivity index (χ2n) is 6.99. The van der Waals surface area contributed by atoms with Crippen LogP contribution in [0.3, 0.4) is 0 Å². The van der Waals surface area contributed by atoms with Crippen LogP contribution in [-0.2, 0) is 4.43 Å². The molecule has 0 bridgehead atoms. The SMILES string of the molecule is CCC(CC)CCC(/C=C/I)O[Si](C)(C)C(C)(C)C. The van der Waals surface area contributed by atoms with E-state index in [4.69, 9.17) is 4.43 Å². The van der Waals surface area contributed by atoms with Gasteiger partial charge in [-0.1, -0.05) is 76.1 Å². The molecule has 0 rings (SSSR count). The van der Waals surface area contributed by atoms with Crippen LogP contribution in [-0.4, -0.2) is 14.4 Å². The van der Waals surface area contributed by atoms with Gasteiger partial charge in [0.15, 0.2) is 8.32 Å². The summed E-state index contributed by atoms with van der Waals surface area (Å²) in [7, 11) is -1.65. The van der Waals surface area contributed by atoms with Gasteiger partial charge >= 0.3 is 0 Å². The van der Waals surface area contributed by atoms with Gasteiger partial charge in [-0.15, -0.1) is 0 Å². The molecule has 1 nitrogen and oxygen atoms in total. The van der Waals surface area contributed by atoms with E-state index in [0.717, 1.165) is 5.92 Å². The molecule has 1 unspecified atom stereocenters. The molecule has 0 aromatic rings. The minimum Gasteiger partial charge on any atom is -0.411 e. The topological polar surface area (TPSA) is 9.23 Å². The van der Waals surface area contributed by atoms with E-state index in [-0.39, 0.29) is 0 Å². The van der Waals surface area contributed by atoms with Gasteiger partial charge in [-0.05, 0) is 41.0 Å². The minimum atomic E-state index is -1.65. The fourth-order valence-electron chi connectivity index (χ4n) is 1.93. The van der Waals surface area contributed by atoms with Gasteiger partial charge in [0.25, 0.3) is 0 Å². The van der Waals surface area contributed by atoms with Crippen LogP contribution in [0.1, 0.15) is 60.3 Å². The Bertz CT molecular complexity index is 264. The average Bonchev–Trinajstić information content (AvgIpc) is 2.28. The van der Waals surface area contributed by atoms with E-state index in [1.165, 1.54) is 25.7 Å². The number of halogens is 1. The smallest absolute Gasteiger partial charge is 0.192 e. The summed E-state index contributed by atoms with van der Waals surface area (Å²) in [6.07, 6.45) is 7.57. The fourth-order valence-corrected chi connectivity index (χ4v) is 3.70. The van der Waals surface area contributed by atoms with E-state index in [1.54, 1.807) is 0 Å². The molecule has 114 valence electrons. The third-order valence-corrected chi connectivity index (χ3v) is 9.47. The molecule has 3 heteroatoms. The monoisotopic (exact) mass is 396 g/mol. The summed E-state index contributed by atoms with van der Waals surface area (Å²) in [6, 6.07) is 0. The Balaban J connectivity index is 4.58. The van der Waals surface area contributed by atoms with Gasteiger partial charge in [0, 0.05) is 0 Å². The first-order chi connectivity index (χ1) is 8.67. The van der Waals surface area contributed by atoms with Crippen molar-refractivity contribution >= 4 is 30.9 Å². The zero-order chi connectivity index (χ0) is 15.1. The van der Waals surface area contributed by atoms with Crippen LogP contribution in [0.4, 0.5) is 0 Å². The summed E-state index contributed by atoms with van der Waals surface area (Å²) in [5.74, 6) is 0.855. The third kappa shape index (κ3) is 7.28. The minimum absolute atomic E-state index is 0.291. The highest BCUT2D eigenvalue weighted by Gasteiger charge is 2.38. The summed E-state index contributed by atoms with van der Waals surface area (Å²) in [5.41, 5.74) is 0. The predicted molar refractivity (Wildman–Crippen MR) is 98.5 cm³/mol. The first-order valence-electron chi connectivity index (χ1n) is 7.62. The van der Waals surface area contributed by atoms with Crippen molar-refractivity contribution in [2.45, 2.75) is 84.5 Å². The average molecular weight is 396 g/mol. The van der Waals surface area contributed by atoms with Gasteiger partial charge in [0.1, 0.15) is 0 Å². The Morgan fingerprint density at radius 1 is 1.11 bits per heavy atom. The number of hydrogen-bond acceptors (Lipinski definition) is 1. The van der Waals surface area contributed by atoms with Gasteiger partial charge in [-0.3, -0.25) is 0 Å². The van der Waals surface area contributed by atoms with Crippen molar-refractivity contribution in [2.75, 3.05) is 0 Å². The number of hydrogen-bond donors (Lipinski definition) is 0. The molecule has 0 radical (unpaired) electrons. The molecule has 0 aromatic heterocycles. The van der Waals surface area contributed by atoms with Crippen LogP contribution in [0.15, 0.2) is 10.2 Å². The molecule has 0 aliphatic rings. The molecular weight excluding hydrogens is 363 g/mol. The Labute approximate surface area is 135 Å². The molecule has 0 saturated heterocycles. The van der Waals surface area contributed by atoms with E-state index in [0.29, 0.717) is 11.1 Å². The van der Waals surface area contributed by atoms with Crippen molar-refractivity contribution < 1.29 is 4.43 Å². The van der Waals surface area contributed by atoms with Crippen LogP contribution in [0.5, 0.6) is 0 Å². The predicted octanol–water partition coefficient (Wildman–Crippen LogP) is 6.54. The molecule has 0 spiro atoms. The van der Waals surface area contributed by atoms with Crippen molar-refractivity contribution in [3.63, 3.8) is 0 Å². The molecule has 0 saturated carbocycles. The lowest BCUT2D eigenvalue weighted by molar-refractivity contribution is 0.202. The quantitative estimate of drug-likeness (QED) is 0.334. The van der Waals surface area contributed by atoms with Gasteiger partial charge in [-0.2, -0.15) is 0 Å². The van der Waals surface area contributed by atoms with Crippen molar-refractivity contribution in [3.8, 4) is 0 Å². The summed E-state index contributed by atoms with van der Waals surface area (Å²) < 4.78 is 8.64. The summed E-state index contributed by atoms with van der Waals surface area (Å²) >= 11 is 2.31. The van der Waals surface area contributed by atoms with Crippen molar-refractivity contribution in [1.29, 1.82) is 0 Å². The van der Waals surface area contributed by atoms with E-state index in [1.807, 2.05) is 0 Å². The van der Waals surface area contributed by atoms with Crippen molar-refractivity contribution in [1.82, 2.24) is 0 Å². The molecule has 0 heterocycles. The standard InChI is InChI=1S/C16H33IOSi/c1-8-14(9-2)10-11-15(12-13-17)18-19(6,7)16(3,4)5/h12-15H,8-11H2,1-7H3/b13-12+. The van der Waals surface area contributed by atoms with Crippen LogP contribution in [0.25, 0.3) is 0 Å². The fraction of sp³-hybridized carbons (Fsp3) is 0.875. The Morgan fingerprint density at radius 2 is 1.63 bits per heavy atom. The number of rotatable bonds is 8. The maximum Gasteiger partial charge on any atom is 0.192 e. The molecule has 0 aliphatic carbocycles. The van der Waals surface area contributed by atoms with Crippen LogP contribution < -0.4 is 0 Å². The Morgan fingerprint density at radius 3 is 2.00 bits per heavy atom. The zero-order valence-electron chi connectivity index (χ0n) is 13.9. The molecule has 0 aromatic carbocycles. The van der Waals surface area contributed by atoms with Gasteiger partial charge in [-0.25, -0.2) is 0 Å². The Hall–Kier alpha value is 0.647. The lowest BCUT2D eigenvalue weighted by atomic mass is 9.96. The lowest BCUT2D eigenvalue weighted by Crippen LogP contribution is -2.43. The molecule has 0 N–H and O–H groups in total. The molecular formula is C16H33IOSi. The molecule has 19 heavy (non-hydrogen) atoms. The summed E-state index contributed by atoms with van der Waals surface area (Å²) in [5, 5.41) is 0.291. The molecule has 0 aliphatic heterocycles. The normalized spacial score (nSPS) is 15.4. The maximum atomic E-state index is 6.53. The van der Waals surface area contributed by atoms with Crippen LogP contribution in [0, 0.1) is 5.92 Å². The first-order valence-corrected chi connectivity index (χ1v) is 11.8. The van der Waals surface area contributed by atoms with E-state index in [9.17, 15) is 0 Å². The van der Waals surface area contributed by atoms with Gasteiger partial charge in [0.2, 0.25) is 0 Å². The van der Waals surface area contributed by atoms with Crippen LogP contribution in [0.2, 0.25) is 18.1 Å². The first kappa shape index (κ1) is 19.6. The highest BCUT2D eigenvalue weighted by molar-refractivity contribution is 14.1. The van der Waals surface area contributed by atoms with Gasteiger partial charge in [0.05, 0.1) is 6.10 Å². The van der Waals surface area contributed by atoms with Crippen molar-refractivity contribution in [3.05, 3.63) is 10.2 Å². The highest BCUT2D eigenvalue weighted by Crippen LogP contribution is 2.38. The molecule has 0 fully saturated rings. The maximum absolute atomic E-state index is 6.53. The lowest BCUT2D eigenvalue weighted by Gasteiger charge is -2.39. The second kappa shape index (κ2) is 8.83. The summed E-state index contributed by atoms with van der Waals surface area (Å²) in [4.78, 5) is 0. The zero-order valence-corrected chi connectivity index (χ0v) is 17.1. The van der Waals surface area contributed by atoms with Crippen molar-refractivity contribution in [2.24, 2.45) is 5.92 Å². The Kier molecular flexibility index (Phi) is 9.13. The van der Waals surface area contributed by atoms with E-state index >= 15 is 0 Å². The largest absolute Gasteiger partial charge is 0.411 e. The highest BCUT2D eigenvalue weighted by atomic mass is 127. The summed E-state index contributed by atoms with van der Waals surface area (Å²) in [6.45, 7) is 16.2. The molecule has 0 amide bonds. The van der Waals surface area contributed by atoms with E-state index in [2.05, 4.69) is 80.5 Å².